The van der Waals surface area contributed by atoms with E-state index in [1.807, 2.05) is 18.2 Å². The van der Waals surface area contributed by atoms with Crippen LogP contribution in [0.15, 0.2) is 48.5 Å². The molecular formula is C19H24ClN. The van der Waals surface area contributed by atoms with Crippen LogP contribution in [0.4, 0.5) is 0 Å². The van der Waals surface area contributed by atoms with Gasteiger partial charge >= 0.3 is 0 Å². The molecule has 112 valence electrons. The summed E-state index contributed by atoms with van der Waals surface area (Å²) in [6, 6.07) is 17.7. The van der Waals surface area contributed by atoms with Crippen LogP contribution < -0.4 is 5.32 Å². The molecule has 0 bridgehead atoms. The van der Waals surface area contributed by atoms with Gasteiger partial charge in [-0.15, -0.1) is 0 Å². The third-order valence-electron chi connectivity index (χ3n) is 3.80. The van der Waals surface area contributed by atoms with Gasteiger partial charge in [0.25, 0.3) is 0 Å². The molecule has 0 saturated heterocycles. The molecule has 2 rings (SSSR count). The fourth-order valence-electron chi connectivity index (χ4n) is 2.67. The molecule has 21 heavy (non-hydrogen) atoms. The largest absolute Gasteiger partial charge is 0.307 e. The predicted octanol–water partition coefficient (Wildman–Crippen LogP) is 5.32. The number of rotatable bonds is 6. The summed E-state index contributed by atoms with van der Waals surface area (Å²) in [5.41, 5.74) is 3.95. The number of hydrogen-bond acceptors (Lipinski definition) is 1. The van der Waals surface area contributed by atoms with Gasteiger partial charge in [0.05, 0.1) is 0 Å². The zero-order chi connectivity index (χ0) is 15.2. The molecule has 0 spiro atoms. The summed E-state index contributed by atoms with van der Waals surface area (Å²) >= 11 is 6.05. The summed E-state index contributed by atoms with van der Waals surface area (Å²) in [6.07, 6.45) is 2.08. The van der Waals surface area contributed by atoms with E-state index in [0.717, 1.165) is 17.9 Å². The molecule has 0 amide bonds. The van der Waals surface area contributed by atoms with E-state index in [2.05, 4.69) is 56.4 Å². The van der Waals surface area contributed by atoms with Gasteiger partial charge in [-0.1, -0.05) is 60.5 Å². The van der Waals surface area contributed by atoms with Crippen molar-refractivity contribution in [3.8, 4) is 0 Å². The van der Waals surface area contributed by atoms with Crippen LogP contribution in [0.3, 0.4) is 0 Å². The van der Waals surface area contributed by atoms with Gasteiger partial charge in [0, 0.05) is 17.1 Å². The number of benzene rings is 2. The summed E-state index contributed by atoms with van der Waals surface area (Å²) in [7, 11) is 0. The lowest BCUT2D eigenvalue weighted by molar-refractivity contribution is 0.443. The molecule has 2 unspecified atom stereocenters. The minimum atomic E-state index is 0.403. The first-order valence-corrected chi connectivity index (χ1v) is 8.03. The van der Waals surface area contributed by atoms with Crippen molar-refractivity contribution >= 4 is 11.6 Å². The number of halogens is 1. The Morgan fingerprint density at radius 2 is 1.81 bits per heavy atom. The van der Waals surface area contributed by atoms with Crippen molar-refractivity contribution < 1.29 is 0 Å². The van der Waals surface area contributed by atoms with Gasteiger partial charge in [0.1, 0.15) is 0 Å². The molecule has 2 heteroatoms. The quantitative estimate of drug-likeness (QED) is 0.761. The summed E-state index contributed by atoms with van der Waals surface area (Å²) < 4.78 is 0. The van der Waals surface area contributed by atoms with E-state index >= 15 is 0 Å². The Balaban J connectivity index is 1.99. The lowest BCUT2D eigenvalue weighted by Gasteiger charge is -2.23. The van der Waals surface area contributed by atoms with Crippen LogP contribution in [0.5, 0.6) is 0 Å². The zero-order valence-corrected chi connectivity index (χ0v) is 13.8. The second-order valence-electron chi connectivity index (χ2n) is 5.77. The van der Waals surface area contributed by atoms with Gasteiger partial charge in [-0.25, -0.2) is 0 Å². The molecule has 2 atom stereocenters. The first kappa shape index (κ1) is 16.1. The first-order valence-electron chi connectivity index (χ1n) is 7.65. The molecule has 0 aromatic heterocycles. The monoisotopic (exact) mass is 301 g/mol. The Morgan fingerprint density at radius 3 is 2.43 bits per heavy atom. The Bertz CT molecular complexity index is 562. The van der Waals surface area contributed by atoms with Gasteiger partial charge in [-0.05, 0) is 49.9 Å². The molecule has 0 aliphatic rings. The zero-order valence-electron chi connectivity index (χ0n) is 13.1. The van der Waals surface area contributed by atoms with Gasteiger partial charge < -0.3 is 5.32 Å². The molecule has 2 aromatic carbocycles. The van der Waals surface area contributed by atoms with Crippen molar-refractivity contribution in [2.24, 2.45) is 0 Å². The molecule has 0 aliphatic heterocycles. The third-order valence-corrected chi connectivity index (χ3v) is 4.04. The lowest BCUT2D eigenvalue weighted by atomic mass is 10.0. The molecular weight excluding hydrogens is 278 g/mol. The Morgan fingerprint density at radius 1 is 1.10 bits per heavy atom. The van der Waals surface area contributed by atoms with Crippen molar-refractivity contribution in [3.05, 3.63) is 70.2 Å². The van der Waals surface area contributed by atoms with Crippen molar-refractivity contribution in [1.82, 2.24) is 5.32 Å². The predicted molar refractivity (Wildman–Crippen MR) is 92.0 cm³/mol. The fourth-order valence-corrected chi connectivity index (χ4v) is 2.88. The van der Waals surface area contributed by atoms with E-state index in [4.69, 9.17) is 11.6 Å². The number of nitrogens with one attached hydrogen (secondary N) is 1. The van der Waals surface area contributed by atoms with Gasteiger partial charge in [0.2, 0.25) is 0 Å². The highest BCUT2D eigenvalue weighted by Gasteiger charge is 2.12. The molecule has 0 saturated carbocycles. The van der Waals surface area contributed by atoms with Gasteiger partial charge in [-0.3, -0.25) is 0 Å². The van der Waals surface area contributed by atoms with Crippen LogP contribution in [-0.4, -0.2) is 6.04 Å². The summed E-state index contributed by atoms with van der Waals surface area (Å²) in [6.45, 7) is 6.58. The highest BCUT2D eigenvalue weighted by molar-refractivity contribution is 6.30. The molecule has 0 aliphatic carbocycles. The first-order chi connectivity index (χ1) is 10.1. The van der Waals surface area contributed by atoms with Crippen LogP contribution >= 0.6 is 11.6 Å². The Hall–Kier alpha value is -1.31. The SMILES string of the molecule is CCC(NC(C)Cc1cccc(Cl)c1)c1ccc(C)cc1. The van der Waals surface area contributed by atoms with Crippen molar-refractivity contribution in [2.75, 3.05) is 0 Å². The van der Waals surface area contributed by atoms with E-state index in [9.17, 15) is 0 Å². The standard InChI is InChI=1S/C19H24ClN/c1-4-19(17-10-8-14(2)9-11-17)21-15(3)12-16-6-5-7-18(20)13-16/h5-11,13,15,19,21H,4,12H2,1-3H3. The van der Waals surface area contributed by atoms with Crippen molar-refractivity contribution in [3.63, 3.8) is 0 Å². The normalized spacial score (nSPS) is 13.9. The lowest BCUT2D eigenvalue weighted by Crippen LogP contribution is -2.31. The van der Waals surface area contributed by atoms with E-state index < -0.39 is 0 Å². The van der Waals surface area contributed by atoms with E-state index in [0.29, 0.717) is 12.1 Å². The van der Waals surface area contributed by atoms with Crippen LogP contribution in [0.25, 0.3) is 0 Å². The smallest absolute Gasteiger partial charge is 0.0408 e. The summed E-state index contributed by atoms with van der Waals surface area (Å²) in [5.74, 6) is 0. The van der Waals surface area contributed by atoms with Gasteiger partial charge in [0.15, 0.2) is 0 Å². The molecule has 0 radical (unpaired) electrons. The maximum atomic E-state index is 6.05. The maximum Gasteiger partial charge on any atom is 0.0408 e. The molecule has 1 nitrogen and oxygen atoms in total. The topological polar surface area (TPSA) is 12.0 Å². The average molecular weight is 302 g/mol. The average Bonchev–Trinajstić information content (AvgIpc) is 2.46. The number of hydrogen-bond donors (Lipinski definition) is 1. The third kappa shape index (κ3) is 4.87. The van der Waals surface area contributed by atoms with E-state index in [-0.39, 0.29) is 0 Å². The van der Waals surface area contributed by atoms with Crippen LogP contribution in [0, 0.1) is 6.92 Å². The highest BCUT2D eigenvalue weighted by atomic mass is 35.5. The molecule has 2 aromatic rings. The van der Waals surface area contributed by atoms with E-state index in [1.54, 1.807) is 0 Å². The summed E-state index contributed by atoms with van der Waals surface area (Å²) in [5, 5.41) is 4.54. The van der Waals surface area contributed by atoms with Crippen molar-refractivity contribution in [1.29, 1.82) is 0 Å². The van der Waals surface area contributed by atoms with Crippen LogP contribution in [0.2, 0.25) is 5.02 Å². The summed E-state index contributed by atoms with van der Waals surface area (Å²) in [4.78, 5) is 0. The Labute approximate surface area is 133 Å². The second-order valence-corrected chi connectivity index (χ2v) is 6.21. The molecule has 0 fully saturated rings. The minimum absolute atomic E-state index is 0.403. The maximum absolute atomic E-state index is 6.05. The minimum Gasteiger partial charge on any atom is -0.307 e. The van der Waals surface area contributed by atoms with Gasteiger partial charge in [-0.2, -0.15) is 0 Å². The van der Waals surface area contributed by atoms with E-state index in [1.165, 1.54) is 16.7 Å². The van der Waals surface area contributed by atoms with Crippen molar-refractivity contribution in [2.45, 2.75) is 45.7 Å². The molecule has 0 heterocycles. The molecule has 1 N–H and O–H groups in total. The second kappa shape index (κ2) is 7.63. The Kier molecular flexibility index (Phi) is 5.84. The highest BCUT2D eigenvalue weighted by Crippen LogP contribution is 2.19. The van der Waals surface area contributed by atoms with Crippen LogP contribution in [-0.2, 0) is 6.42 Å². The fraction of sp³-hybridized carbons (Fsp3) is 0.368. The number of aryl methyl sites for hydroxylation is 1. The van der Waals surface area contributed by atoms with Crippen LogP contribution in [0.1, 0.15) is 43.0 Å².